The molecule has 0 radical (unpaired) electrons. The second-order valence-corrected chi connectivity index (χ2v) is 7.71. The van der Waals surface area contributed by atoms with Crippen LogP contribution in [0.15, 0.2) is 59.5 Å². The molecule has 1 amide bonds. The highest BCUT2D eigenvalue weighted by molar-refractivity contribution is 5.92. The van der Waals surface area contributed by atoms with E-state index in [-0.39, 0.29) is 17.4 Å². The number of hydrogen-bond donors (Lipinski definition) is 1. The number of nitrogens with one attached hydrogen (secondary N) is 1. The first-order valence-electron chi connectivity index (χ1n) is 10.3. The smallest absolute Gasteiger partial charge is 0.276 e. The van der Waals surface area contributed by atoms with E-state index in [9.17, 15) is 14.0 Å². The number of nitrogens with zero attached hydrogens (tertiary/aromatic N) is 4. The zero-order chi connectivity index (χ0) is 21.8. The molecular formula is C23H24FN5O2. The van der Waals surface area contributed by atoms with Crippen LogP contribution in [0, 0.1) is 12.7 Å². The Hall–Kier alpha value is -3.39. The highest BCUT2D eigenvalue weighted by atomic mass is 19.1. The van der Waals surface area contributed by atoms with Crippen molar-refractivity contribution in [3.63, 3.8) is 0 Å². The molecule has 3 heterocycles. The number of aryl methyl sites for hydroxylation is 1. The molecule has 160 valence electrons. The van der Waals surface area contributed by atoms with Crippen LogP contribution in [0.1, 0.15) is 34.7 Å². The first kappa shape index (κ1) is 20.9. The molecule has 7 nitrogen and oxygen atoms in total. The fourth-order valence-corrected chi connectivity index (χ4v) is 3.78. The molecule has 0 saturated carbocycles. The average molecular weight is 421 g/mol. The summed E-state index contributed by atoms with van der Waals surface area (Å²) in [6.45, 7) is 4.07. The molecule has 8 heteroatoms. The fourth-order valence-electron chi connectivity index (χ4n) is 3.78. The normalized spacial score (nSPS) is 15.0. The van der Waals surface area contributed by atoms with Crippen molar-refractivity contribution in [1.29, 1.82) is 0 Å². The van der Waals surface area contributed by atoms with Crippen LogP contribution in [-0.2, 0) is 6.54 Å². The van der Waals surface area contributed by atoms with E-state index >= 15 is 0 Å². The Labute approximate surface area is 179 Å². The largest absolute Gasteiger partial charge is 0.348 e. The Morgan fingerprint density at radius 2 is 1.90 bits per heavy atom. The second kappa shape index (κ2) is 9.18. The Kier molecular flexibility index (Phi) is 6.18. The Bertz CT molecular complexity index is 1120. The minimum Gasteiger partial charge on any atom is -0.348 e. The van der Waals surface area contributed by atoms with Gasteiger partial charge in [-0.3, -0.25) is 19.5 Å². The molecule has 2 aromatic heterocycles. The molecule has 31 heavy (non-hydrogen) atoms. The predicted octanol–water partition coefficient (Wildman–Crippen LogP) is 2.47. The van der Waals surface area contributed by atoms with Crippen molar-refractivity contribution >= 4 is 5.91 Å². The van der Waals surface area contributed by atoms with Gasteiger partial charge in [-0.1, -0.05) is 18.2 Å². The third-order valence-electron chi connectivity index (χ3n) is 5.44. The molecule has 0 unspecified atom stereocenters. The molecule has 1 aliphatic heterocycles. The number of pyridine rings is 1. The molecule has 1 saturated heterocycles. The lowest BCUT2D eigenvalue weighted by molar-refractivity contribution is 0.0900. The molecule has 0 spiro atoms. The van der Waals surface area contributed by atoms with Crippen LogP contribution >= 0.6 is 0 Å². The standard InChI is InChI=1S/C23H24FN5O2/c1-16-14-21(30)22(27-29(16)20-8-3-2-7-19(20)24)23(31)26-17-9-12-28(13-10-17)15-18-6-4-5-11-25-18/h2-8,11,14,17H,9-10,12-13,15H2,1H3,(H,26,31). The van der Waals surface area contributed by atoms with Gasteiger partial charge in [-0.05, 0) is 44.0 Å². The highest BCUT2D eigenvalue weighted by Gasteiger charge is 2.24. The number of carbonyl (C=O) groups is 1. The zero-order valence-corrected chi connectivity index (χ0v) is 17.3. The van der Waals surface area contributed by atoms with Gasteiger partial charge in [0.1, 0.15) is 11.5 Å². The highest BCUT2D eigenvalue weighted by Crippen LogP contribution is 2.15. The van der Waals surface area contributed by atoms with Crippen molar-refractivity contribution in [3.05, 3.63) is 87.9 Å². The van der Waals surface area contributed by atoms with Crippen molar-refractivity contribution in [1.82, 2.24) is 25.0 Å². The van der Waals surface area contributed by atoms with E-state index in [0.717, 1.165) is 38.2 Å². The molecular weight excluding hydrogens is 397 g/mol. The van der Waals surface area contributed by atoms with Gasteiger partial charge >= 0.3 is 0 Å². The minimum atomic E-state index is -0.529. The number of piperidine rings is 1. The topological polar surface area (TPSA) is 80.1 Å². The number of likely N-dealkylation sites (tertiary alicyclic amines) is 1. The van der Waals surface area contributed by atoms with Crippen LogP contribution in [0.25, 0.3) is 5.69 Å². The summed E-state index contributed by atoms with van der Waals surface area (Å²) in [5.41, 5.74) is 0.953. The van der Waals surface area contributed by atoms with Gasteiger partial charge in [0.25, 0.3) is 5.91 Å². The number of amides is 1. The number of para-hydroxylation sites is 1. The Balaban J connectivity index is 1.43. The average Bonchev–Trinajstić information content (AvgIpc) is 2.76. The summed E-state index contributed by atoms with van der Waals surface area (Å²) in [5.74, 6) is -1.01. The predicted molar refractivity (Wildman–Crippen MR) is 115 cm³/mol. The van der Waals surface area contributed by atoms with Crippen molar-refractivity contribution in [3.8, 4) is 5.69 Å². The van der Waals surface area contributed by atoms with E-state index in [1.54, 1.807) is 31.3 Å². The summed E-state index contributed by atoms with van der Waals surface area (Å²) < 4.78 is 15.5. The number of rotatable bonds is 5. The number of carbonyl (C=O) groups excluding carboxylic acids is 1. The number of aromatic nitrogens is 3. The lowest BCUT2D eigenvalue weighted by atomic mass is 10.0. The summed E-state index contributed by atoms with van der Waals surface area (Å²) in [4.78, 5) is 31.8. The van der Waals surface area contributed by atoms with E-state index in [1.807, 2.05) is 18.2 Å². The third kappa shape index (κ3) is 4.86. The van der Waals surface area contributed by atoms with Gasteiger partial charge in [-0.25, -0.2) is 9.07 Å². The van der Waals surface area contributed by atoms with Gasteiger partial charge in [-0.2, -0.15) is 5.10 Å². The maximum atomic E-state index is 14.2. The molecule has 1 aromatic carbocycles. The Morgan fingerprint density at radius 1 is 1.16 bits per heavy atom. The van der Waals surface area contributed by atoms with E-state index < -0.39 is 17.2 Å². The molecule has 0 aliphatic carbocycles. The van der Waals surface area contributed by atoms with Gasteiger partial charge in [0.15, 0.2) is 5.69 Å². The summed E-state index contributed by atoms with van der Waals surface area (Å²) in [7, 11) is 0. The first-order valence-corrected chi connectivity index (χ1v) is 10.3. The lowest BCUT2D eigenvalue weighted by Gasteiger charge is -2.32. The van der Waals surface area contributed by atoms with Crippen LogP contribution in [0.2, 0.25) is 0 Å². The van der Waals surface area contributed by atoms with E-state index in [2.05, 4.69) is 20.3 Å². The molecule has 3 aromatic rings. The Morgan fingerprint density at radius 3 is 2.61 bits per heavy atom. The van der Waals surface area contributed by atoms with E-state index in [4.69, 9.17) is 0 Å². The maximum Gasteiger partial charge on any atom is 0.276 e. The summed E-state index contributed by atoms with van der Waals surface area (Å²) >= 11 is 0. The van der Waals surface area contributed by atoms with Crippen molar-refractivity contribution in [2.24, 2.45) is 0 Å². The van der Waals surface area contributed by atoms with Crippen LogP contribution in [0.3, 0.4) is 0 Å². The van der Waals surface area contributed by atoms with Crippen LogP contribution in [0.4, 0.5) is 4.39 Å². The number of benzene rings is 1. The van der Waals surface area contributed by atoms with Crippen LogP contribution in [-0.4, -0.2) is 44.7 Å². The molecule has 4 rings (SSSR count). The quantitative estimate of drug-likeness (QED) is 0.685. The zero-order valence-electron chi connectivity index (χ0n) is 17.3. The third-order valence-corrected chi connectivity index (χ3v) is 5.44. The number of halogens is 1. The van der Waals surface area contributed by atoms with Crippen LogP contribution < -0.4 is 10.7 Å². The lowest BCUT2D eigenvalue weighted by Crippen LogP contribution is -2.45. The van der Waals surface area contributed by atoms with Crippen molar-refractivity contribution < 1.29 is 9.18 Å². The second-order valence-electron chi connectivity index (χ2n) is 7.71. The fraction of sp³-hybridized carbons (Fsp3) is 0.304. The number of hydrogen-bond acceptors (Lipinski definition) is 5. The van der Waals surface area contributed by atoms with E-state index in [1.165, 1.54) is 16.8 Å². The van der Waals surface area contributed by atoms with Gasteiger partial charge < -0.3 is 5.32 Å². The first-order chi connectivity index (χ1) is 15.0. The molecule has 0 bridgehead atoms. The van der Waals surface area contributed by atoms with E-state index in [0.29, 0.717) is 5.69 Å². The summed E-state index contributed by atoms with van der Waals surface area (Å²) in [6, 6.07) is 13.2. The summed E-state index contributed by atoms with van der Waals surface area (Å²) in [5, 5.41) is 7.09. The van der Waals surface area contributed by atoms with Crippen LogP contribution in [0.5, 0.6) is 0 Å². The molecule has 1 N–H and O–H groups in total. The van der Waals surface area contributed by atoms with Gasteiger partial charge in [0, 0.05) is 43.6 Å². The maximum absolute atomic E-state index is 14.2. The summed E-state index contributed by atoms with van der Waals surface area (Å²) in [6.07, 6.45) is 3.32. The van der Waals surface area contributed by atoms with Gasteiger partial charge in [0.2, 0.25) is 5.43 Å². The SMILES string of the molecule is Cc1cc(=O)c(C(=O)NC2CCN(Cc3ccccn3)CC2)nn1-c1ccccc1F. The monoisotopic (exact) mass is 421 g/mol. The molecule has 0 atom stereocenters. The van der Waals surface area contributed by atoms with Crippen molar-refractivity contribution in [2.45, 2.75) is 32.4 Å². The van der Waals surface area contributed by atoms with Gasteiger partial charge in [-0.15, -0.1) is 0 Å². The van der Waals surface area contributed by atoms with Crippen molar-refractivity contribution in [2.75, 3.05) is 13.1 Å². The minimum absolute atomic E-state index is 0.0445. The van der Waals surface area contributed by atoms with Gasteiger partial charge in [0.05, 0.1) is 5.69 Å². The molecule has 1 aliphatic rings. The molecule has 1 fully saturated rings.